The number of hydrogen-bond donors (Lipinski definition) is 2. The van der Waals surface area contributed by atoms with Crippen LogP contribution in [0, 0.1) is 6.92 Å². The van der Waals surface area contributed by atoms with Gasteiger partial charge in [0.1, 0.15) is 0 Å². The van der Waals surface area contributed by atoms with Crippen LogP contribution in [0.25, 0.3) is 0 Å². The number of aliphatic imine (C=N–C) groups is 1. The highest BCUT2D eigenvalue weighted by Crippen LogP contribution is 2.08. The summed E-state index contributed by atoms with van der Waals surface area (Å²) in [5.41, 5.74) is 8.04. The van der Waals surface area contributed by atoms with Crippen LogP contribution in [0.5, 0.6) is 0 Å². The number of anilines is 1. The van der Waals surface area contributed by atoms with Gasteiger partial charge in [0.15, 0.2) is 5.96 Å². The maximum absolute atomic E-state index is 11.3. The van der Waals surface area contributed by atoms with Gasteiger partial charge in [-0.05, 0) is 24.6 Å². The fourth-order valence-corrected chi connectivity index (χ4v) is 2.51. The normalized spacial score (nSPS) is 16.6. The first-order valence-electron chi connectivity index (χ1n) is 7.66. The molecule has 1 aromatic rings. The van der Waals surface area contributed by atoms with Crippen molar-refractivity contribution in [2.45, 2.75) is 13.8 Å². The zero-order valence-electron chi connectivity index (χ0n) is 13.4. The SMILES string of the molecule is CC(=O)N1CCN(CCN=C(N)Nc2cccc(C)c2)CC1. The molecule has 6 heteroatoms. The van der Waals surface area contributed by atoms with Gasteiger partial charge >= 0.3 is 0 Å². The highest BCUT2D eigenvalue weighted by Gasteiger charge is 2.17. The van der Waals surface area contributed by atoms with Crippen LogP contribution in [-0.2, 0) is 4.79 Å². The minimum absolute atomic E-state index is 0.157. The molecule has 120 valence electrons. The summed E-state index contributed by atoms with van der Waals surface area (Å²) in [6, 6.07) is 8.03. The van der Waals surface area contributed by atoms with E-state index in [0.29, 0.717) is 12.5 Å². The van der Waals surface area contributed by atoms with Gasteiger partial charge in [-0.2, -0.15) is 0 Å². The Morgan fingerprint density at radius 2 is 2.05 bits per heavy atom. The van der Waals surface area contributed by atoms with Crippen LogP contribution in [0.3, 0.4) is 0 Å². The van der Waals surface area contributed by atoms with Crippen molar-refractivity contribution in [2.75, 3.05) is 44.6 Å². The predicted octanol–water partition coefficient (Wildman–Crippen LogP) is 0.886. The molecule has 1 aliphatic heterocycles. The molecule has 0 saturated carbocycles. The van der Waals surface area contributed by atoms with E-state index >= 15 is 0 Å². The van der Waals surface area contributed by atoms with Crippen LogP contribution < -0.4 is 11.1 Å². The molecule has 1 heterocycles. The number of amides is 1. The van der Waals surface area contributed by atoms with Crippen molar-refractivity contribution >= 4 is 17.6 Å². The first kappa shape index (κ1) is 16.3. The van der Waals surface area contributed by atoms with Gasteiger partial charge < -0.3 is 16.0 Å². The van der Waals surface area contributed by atoms with Crippen LogP contribution in [0.2, 0.25) is 0 Å². The highest BCUT2D eigenvalue weighted by molar-refractivity contribution is 5.92. The van der Waals surface area contributed by atoms with E-state index in [0.717, 1.165) is 38.4 Å². The van der Waals surface area contributed by atoms with Crippen molar-refractivity contribution in [1.82, 2.24) is 9.80 Å². The van der Waals surface area contributed by atoms with E-state index in [9.17, 15) is 4.79 Å². The van der Waals surface area contributed by atoms with Gasteiger partial charge in [-0.3, -0.25) is 14.7 Å². The molecule has 0 aromatic heterocycles. The Bertz CT molecular complexity index is 535. The summed E-state index contributed by atoms with van der Waals surface area (Å²) in [4.78, 5) is 19.8. The lowest BCUT2D eigenvalue weighted by molar-refractivity contribution is -0.130. The molecule has 0 bridgehead atoms. The summed E-state index contributed by atoms with van der Waals surface area (Å²) < 4.78 is 0. The Morgan fingerprint density at radius 3 is 2.68 bits per heavy atom. The number of nitrogens with zero attached hydrogens (tertiary/aromatic N) is 3. The second kappa shape index (κ2) is 7.79. The van der Waals surface area contributed by atoms with Gasteiger partial charge in [-0.1, -0.05) is 12.1 Å². The molecule has 0 spiro atoms. The summed E-state index contributed by atoms with van der Waals surface area (Å²) in [6.45, 7) is 8.59. The number of piperazine rings is 1. The van der Waals surface area contributed by atoms with E-state index in [1.807, 2.05) is 36.1 Å². The number of carbonyl (C=O) groups is 1. The van der Waals surface area contributed by atoms with E-state index < -0.39 is 0 Å². The quantitative estimate of drug-likeness (QED) is 0.640. The molecule has 3 N–H and O–H groups in total. The Kier molecular flexibility index (Phi) is 5.77. The third kappa shape index (κ3) is 5.04. The lowest BCUT2D eigenvalue weighted by atomic mass is 10.2. The molecular weight excluding hydrogens is 278 g/mol. The van der Waals surface area contributed by atoms with Crippen LogP contribution in [-0.4, -0.2) is 60.9 Å². The second-order valence-electron chi connectivity index (χ2n) is 5.61. The first-order valence-corrected chi connectivity index (χ1v) is 7.66. The number of aryl methyl sites for hydroxylation is 1. The third-order valence-corrected chi connectivity index (χ3v) is 3.81. The van der Waals surface area contributed by atoms with E-state index in [-0.39, 0.29) is 5.91 Å². The van der Waals surface area contributed by atoms with E-state index in [2.05, 4.69) is 15.2 Å². The van der Waals surface area contributed by atoms with Crippen LogP contribution in [0.4, 0.5) is 5.69 Å². The average Bonchev–Trinajstić information content (AvgIpc) is 2.47. The number of rotatable bonds is 4. The van der Waals surface area contributed by atoms with Crippen LogP contribution >= 0.6 is 0 Å². The van der Waals surface area contributed by atoms with E-state index in [4.69, 9.17) is 5.73 Å². The van der Waals surface area contributed by atoms with Crippen LogP contribution in [0.15, 0.2) is 29.3 Å². The van der Waals surface area contributed by atoms with Crippen molar-refractivity contribution < 1.29 is 4.79 Å². The van der Waals surface area contributed by atoms with Crippen molar-refractivity contribution in [3.63, 3.8) is 0 Å². The topological polar surface area (TPSA) is 74.0 Å². The van der Waals surface area contributed by atoms with Crippen molar-refractivity contribution in [2.24, 2.45) is 10.7 Å². The maximum Gasteiger partial charge on any atom is 0.219 e. The summed E-state index contributed by atoms with van der Waals surface area (Å²) in [6.07, 6.45) is 0. The number of guanidine groups is 1. The average molecular weight is 303 g/mol. The number of nitrogens with two attached hydrogens (primary N) is 1. The number of nitrogens with one attached hydrogen (secondary N) is 1. The Labute approximate surface area is 132 Å². The number of hydrogen-bond acceptors (Lipinski definition) is 3. The largest absolute Gasteiger partial charge is 0.370 e. The van der Waals surface area contributed by atoms with Gasteiger partial charge in [0.2, 0.25) is 5.91 Å². The number of carbonyl (C=O) groups excluding carboxylic acids is 1. The monoisotopic (exact) mass is 303 g/mol. The Morgan fingerprint density at radius 1 is 1.32 bits per heavy atom. The Balaban J connectivity index is 1.72. The number of benzene rings is 1. The summed E-state index contributed by atoms with van der Waals surface area (Å²) in [5.74, 6) is 0.595. The second-order valence-corrected chi connectivity index (χ2v) is 5.61. The molecule has 1 aromatic carbocycles. The zero-order valence-corrected chi connectivity index (χ0v) is 13.4. The Hall–Kier alpha value is -2.08. The molecule has 1 amide bonds. The van der Waals surface area contributed by atoms with Gasteiger partial charge in [-0.15, -0.1) is 0 Å². The summed E-state index contributed by atoms with van der Waals surface area (Å²) in [7, 11) is 0. The highest BCUT2D eigenvalue weighted by atomic mass is 16.2. The lowest BCUT2D eigenvalue weighted by Crippen LogP contribution is -2.48. The van der Waals surface area contributed by atoms with Gasteiger partial charge in [0.25, 0.3) is 0 Å². The van der Waals surface area contributed by atoms with Gasteiger partial charge in [0, 0.05) is 45.3 Å². The van der Waals surface area contributed by atoms with Crippen molar-refractivity contribution in [3.8, 4) is 0 Å². The third-order valence-electron chi connectivity index (χ3n) is 3.81. The first-order chi connectivity index (χ1) is 10.5. The molecule has 0 radical (unpaired) electrons. The molecule has 6 nitrogen and oxygen atoms in total. The van der Waals surface area contributed by atoms with E-state index in [1.54, 1.807) is 6.92 Å². The molecule has 1 saturated heterocycles. The van der Waals surface area contributed by atoms with Crippen molar-refractivity contribution in [3.05, 3.63) is 29.8 Å². The van der Waals surface area contributed by atoms with Gasteiger partial charge in [-0.25, -0.2) is 0 Å². The molecule has 0 atom stereocenters. The minimum atomic E-state index is 0.157. The molecular formula is C16H25N5O. The van der Waals surface area contributed by atoms with E-state index in [1.165, 1.54) is 5.56 Å². The molecule has 0 aliphatic carbocycles. The smallest absolute Gasteiger partial charge is 0.219 e. The molecule has 22 heavy (non-hydrogen) atoms. The summed E-state index contributed by atoms with van der Waals surface area (Å²) in [5, 5.41) is 3.10. The molecule has 1 aliphatic rings. The summed E-state index contributed by atoms with van der Waals surface area (Å²) >= 11 is 0. The van der Waals surface area contributed by atoms with Gasteiger partial charge in [0.05, 0.1) is 6.54 Å². The molecule has 2 rings (SSSR count). The molecule has 0 unspecified atom stereocenters. The fourth-order valence-electron chi connectivity index (χ4n) is 2.51. The van der Waals surface area contributed by atoms with Crippen molar-refractivity contribution in [1.29, 1.82) is 0 Å². The van der Waals surface area contributed by atoms with Crippen LogP contribution in [0.1, 0.15) is 12.5 Å². The maximum atomic E-state index is 11.3. The predicted molar refractivity (Wildman–Crippen MR) is 90.0 cm³/mol. The standard InChI is InChI=1S/C16H25N5O/c1-13-4-3-5-15(12-13)19-16(17)18-6-7-20-8-10-21(11-9-20)14(2)22/h3-5,12H,6-11H2,1-2H3,(H3,17,18,19). The molecule has 1 fully saturated rings. The zero-order chi connectivity index (χ0) is 15.9. The minimum Gasteiger partial charge on any atom is -0.370 e. The lowest BCUT2D eigenvalue weighted by Gasteiger charge is -2.33. The fraction of sp³-hybridized carbons (Fsp3) is 0.500.